The summed E-state index contributed by atoms with van der Waals surface area (Å²) in [5.74, 6) is 0.478. The third-order valence-corrected chi connectivity index (χ3v) is 5.68. The molecule has 7 heteroatoms. The van der Waals surface area contributed by atoms with Crippen LogP contribution in [0.1, 0.15) is 24.0 Å². The normalized spacial score (nSPS) is 16.2. The van der Waals surface area contributed by atoms with E-state index in [4.69, 9.17) is 44.3 Å². The van der Waals surface area contributed by atoms with Gasteiger partial charge in [0.1, 0.15) is 5.75 Å². The van der Waals surface area contributed by atoms with E-state index in [0.717, 1.165) is 30.6 Å². The summed E-state index contributed by atoms with van der Waals surface area (Å²) >= 11 is 18.3. The minimum absolute atomic E-state index is 0.0350. The molecule has 4 nitrogen and oxygen atoms in total. The van der Waals surface area contributed by atoms with Gasteiger partial charge in [-0.1, -0.05) is 40.9 Å². The first-order valence-corrected chi connectivity index (χ1v) is 10.3. The Bertz CT molecular complexity index is 838. The summed E-state index contributed by atoms with van der Waals surface area (Å²) in [6, 6.07) is 10.6. The third-order valence-electron chi connectivity index (χ3n) is 4.67. The molecule has 2 aromatic carbocycles. The van der Waals surface area contributed by atoms with Gasteiger partial charge in [-0.2, -0.15) is 0 Å². The van der Waals surface area contributed by atoms with Crippen molar-refractivity contribution in [2.45, 2.75) is 32.4 Å². The summed E-state index contributed by atoms with van der Waals surface area (Å²) in [6.45, 7) is 3.43. The molecule has 0 radical (unpaired) electrons. The summed E-state index contributed by atoms with van der Waals surface area (Å²) in [5, 5.41) is 1.76. The van der Waals surface area contributed by atoms with E-state index < -0.39 is 0 Å². The van der Waals surface area contributed by atoms with Crippen molar-refractivity contribution in [3.8, 4) is 5.75 Å². The Kier molecular flexibility index (Phi) is 7.47. The average molecular weight is 443 g/mol. The molecule has 0 spiro atoms. The second-order valence-corrected chi connectivity index (χ2v) is 8.10. The van der Waals surface area contributed by atoms with E-state index >= 15 is 0 Å². The van der Waals surface area contributed by atoms with Crippen molar-refractivity contribution in [3.63, 3.8) is 0 Å². The maximum absolute atomic E-state index is 12.9. The molecule has 0 aliphatic carbocycles. The number of hydrogen-bond donors (Lipinski definition) is 0. The summed E-state index contributed by atoms with van der Waals surface area (Å²) in [7, 11) is 0. The lowest BCUT2D eigenvalue weighted by Crippen LogP contribution is -2.39. The van der Waals surface area contributed by atoms with Crippen LogP contribution in [-0.4, -0.2) is 36.7 Å². The van der Waals surface area contributed by atoms with Crippen molar-refractivity contribution in [1.82, 2.24) is 4.90 Å². The highest BCUT2D eigenvalue weighted by Crippen LogP contribution is 2.24. The van der Waals surface area contributed by atoms with Crippen LogP contribution in [0.3, 0.4) is 0 Å². The van der Waals surface area contributed by atoms with Crippen molar-refractivity contribution in [2.24, 2.45) is 0 Å². The average Bonchev–Trinajstić information content (AvgIpc) is 3.17. The predicted octanol–water partition coefficient (Wildman–Crippen LogP) is 5.54. The highest BCUT2D eigenvalue weighted by molar-refractivity contribution is 6.35. The molecule has 2 aromatic rings. The molecule has 0 unspecified atom stereocenters. The van der Waals surface area contributed by atoms with Crippen molar-refractivity contribution in [1.29, 1.82) is 0 Å². The quantitative estimate of drug-likeness (QED) is 0.565. The molecule has 0 N–H and O–H groups in total. The summed E-state index contributed by atoms with van der Waals surface area (Å²) in [6.07, 6.45) is 1.98. The van der Waals surface area contributed by atoms with Crippen LogP contribution in [0.25, 0.3) is 0 Å². The Morgan fingerprint density at radius 1 is 1.18 bits per heavy atom. The number of halogens is 3. The van der Waals surface area contributed by atoms with Crippen LogP contribution in [0, 0.1) is 6.92 Å². The molecular formula is C21H22Cl3NO3. The van der Waals surface area contributed by atoms with Gasteiger partial charge in [0.15, 0.2) is 6.61 Å². The fourth-order valence-electron chi connectivity index (χ4n) is 3.09. The fraction of sp³-hybridized carbons (Fsp3) is 0.381. The molecule has 1 heterocycles. The lowest BCUT2D eigenvalue weighted by Gasteiger charge is -2.26. The van der Waals surface area contributed by atoms with Crippen LogP contribution in [0.15, 0.2) is 36.4 Å². The smallest absolute Gasteiger partial charge is 0.260 e. The summed E-state index contributed by atoms with van der Waals surface area (Å²) < 4.78 is 11.4. The van der Waals surface area contributed by atoms with E-state index in [2.05, 4.69) is 0 Å². The van der Waals surface area contributed by atoms with E-state index in [9.17, 15) is 4.79 Å². The van der Waals surface area contributed by atoms with Crippen molar-refractivity contribution in [2.75, 3.05) is 19.8 Å². The maximum atomic E-state index is 12.9. The maximum Gasteiger partial charge on any atom is 0.260 e. The highest BCUT2D eigenvalue weighted by Gasteiger charge is 2.24. The molecule has 1 amide bonds. The largest absolute Gasteiger partial charge is 0.484 e. The Morgan fingerprint density at radius 3 is 2.68 bits per heavy atom. The van der Waals surface area contributed by atoms with Gasteiger partial charge in [-0.15, -0.1) is 0 Å². The predicted molar refractivity (Wildman–Crippen MR) is 113 cm³/mol. The second-order valence-electron chi connectivity index (χ2n) is 6.84. The van der Waals surface area contributed by atoms with Gasteiger partial charge in [-0.05, 0) is 61.2 Å². The number of rotatable bonds is 7. The van der Waals surface area contributed by atoms with Crippen LogP contribution in [0.4, 0.5) is 0 Å². The van der Waals surface area contributed by atoms with Crippen molar-refractivity contribution < 1.29 is 14.3 Å². The summed E-state index contributed by atoms with van der Waals surface area (Å²) in [4.78, 5) is 14.6. The van der Waals surface area contributed by atoms with Gasteiger partial charge in [-0.3, -0.25) is 4.79 Å². The molecule has 28 heavy (non-hydrogen) atoms. The van der Waals surface area contributed by atoms with Crippen molar-refractivity contribution in [3.05, 3.63) is 62.6 Å². The molecule has 0 aromatic heterocycles. The molecule has 1 fully saturated rings. The van der Waals surface area contributed by atoms with Gasteiger partial charge in [0.05, 0.1) is 6.10 Å². The Balaban J connectivity index is 1.69. The number of hydrogen-bond acceptors (Lipinski definition) is 3. The van der Waals surface area contributed by atoms with Crippen molar-refractivity contribution >= 4 is 40.7 Å². The first-order valence-electron chi connectivity index (χ1n) is 9.14. The van der Waals surface area contributed by atoms with E-state index in [1.807, 2.05) is 19.1 Å². The van der Waals surface area contributed by atoms with Crippen LogP contribution in [0.2, 0.25) is 15.1 Å². The minimum atomic E-state index is -0.130. The molecule has 3 rings (SSSR count). The zero-order chi connectivity index (χ0) is 20.1. The lowest BCUT2D eigenvalue weighted by atomic mass is 10.1. The number of benzene rings is 2. The van der Waals surface area contributed by atoms with Crippen LogP contribution >= 0.6 is 34.8 Å². The third kappa shape index (κ3) is 5.77. The topological polar surface area (TPSA) is 38.8 Å². The lowest BCUT2D eigenvalue weighted by molar-refractivity contribution is -0.135. The monoisotopic (exact) mass is 441 g/mol. The standard InChI is InChI=1S/C21H22Cl3NO3/c1-14-9-17(6-7-19(14)23)28-13-21(26)25(12-18-3-2-8-27-18)11-15-4-5-16(22)10-20(15)24/h4-7,9-10,18H,2-3,8,11-13H2,1H3/t18-/m0/s1. The Hall–Kier alpha value is -1.46. The zero-order valence-electron chi connectivity index (χ0n) is 15.6. The first kappa shape index (κ1) is 21.3. The SMILES string of the molecule is Cc1cc(OCC(=O)N(Cc2ccc(Cl)cc2Cl)C[C@@H]2CCCO2)ccc1Cl. The molecule has 0 saturated carbocycles. The van der Waals surface area contributed by atoms with Gasteiger partial charge in [-0.25, -0.2) is 0 Å². The number of amides is 1. The number of carbonyl (C=O) groups excluding carboxylic acids is 1. The Morgan fingerprint density at radius 2 is 2.00 bits per heavy atom. The molecule has 1 atom stereocenters. The fourth-order valence-corrected chi connectivity index (χ4v) is 3.67. The van der Waals surface area contributed by atoms with E-state index in [1.54, 1.807) is 29.2 Å². The highest BCUT2D eigenvalue weighted by atomic mass is 35.5. The van der Waals surface area contributed by atoms with E-state index in [0.29, 0.717) is 33.9 Å². The number of aryl methyl sites for hydroxylation is 1. The molecular weight excluding hydrogens is 421 g/mol. The molecule has 1 aliphatic heterocycles. The number of nitrogens with zero attached hydrogens (tertiary/aromatic N) is 1. The van der Waals surface area contributed by atoms with E-state index in [1.165, 1.54) is 0 Å². The molecule has 0 bridgehead atoms. The van der Waals surface area contributed by atoms with Crippen LogP contribution < -0.4 is 4.74 Å². The van der Waals surface area contributed by atoms with Gasteiger partial charge in [0.2, 0.25) is 0 Å². The number of ether oxygens (including phenoxy) is 2. The van der Waals surface area contributed by atoms with Gasteiger partial charge < -0.3 is 14.4 Å². The first-order chi connectivity index (χ1) is 13.4. The second kappa shape index (κ2) is 9.84. The Labute approximate surface area is 180 Å². The molecule has 1 saturated heterocycles. The van der Waals surface area contributed by atoms with Gasteiger partial charge in [0.25, 0.3) is 5.91 Å². The molecule has 1 aliphatic rings. The van der Waals surface area contributed by atoms with Gasteiger partial charge in [0, 0.05) is 34.8 Å². The minimum Gasteiger partial charge on any atom is -0.484 e. The summed E-state index contributed by atoms with van der Waals surface area (Å²) in [5.41, 5.74) is 1.73. The van der Waals surface area contributed by atoms with E-state index in [-0.39, 0.29) is 18.6 Å². The van der Waals surface area contributed by atoms with Crippen LogP contribution in [-0.2, 0) is 16.1 Å². The zero-order valence-corrected chi connectivity index (χ0v) is 17.9. The molecule has 150 valence electrons. The van der Waals surface area contributed by atoms with Gasteiger partial charge >= 0.3 is 0 Å². The number of carbonyl (C=O) groups is 1. The van der Waals surface area contributed by atoms with Crippen LogP contribution in [0.5, 0.6) is 5.75 Å².